The average Bonchev–Trinajstić information content (AvgIpc) is 2.56. The molecule has 7 heteroatoms. The highest BCUT2D eigenvalue weighted by molar-refractivity contribution is 7.99. The monoisotopic (exact) mass is 325 g/mol. The van der Waals surface area contributed by atoms with E-state index in [1.54, 1.807) is 24.3 Å². The Balaban J connectivity index is 1.97. The summed E-state index contributed by atoms with van der Waals surface area (Å²) in [6.07, 6.45) is 1.26. The van der Waals surface area contributed by atoms with Crippen molar-refractivity contribution < 1.29 is 9.66 Å². The number of ether oxygens (including phenoxy) is 1. The molecule has 0 unspecified atom stereocenters. The van der Waals surface area contributed by atoms with Crippen molar-refractivity contribution >= 4 is 17.4 Å². The number of hydrogen-bond donors (Lipinski definition) is 0. The van der Waals surface area contributed by atoms with E-state index in [4.69, 9.17) is 4.74 Å². The van der Waals surface area contributed by atoms with E-state index >= 15 is 0 Å². The highest BCUT2D eigenvalue weighted by Crippen LogP contribution is 2.38. The van der Waals surface area contributed by atoms with Crippen LogP contribution in [0.5, 0.6) is 11.6 Å². The second-order valence-corrected chi connectivity index (χ2v) is 5.48. The largest absolute Gasteiger partial charge is 0.434 e. The lowest BCUT2D eigenvalue weighted by atomic mass is 10.3. The molecule has 0 spiro atoms. The highest BCUT2D eigenvalue weighted by Gasteiger charge is 2.25. The molecule has 1 aromatic heterocycles. The molecule has 0 atom stereocenters. The molecule has 1 heterocycles. The molecule has 2 aromatic carbocycles. The molecule has 0 amide bonds. The second kappa shape index (κ2) is 6.89. The molecule has 0 radical (unpaired) electrons. The van der Waals surface area contributed by atoms with Crippen molar-refractivity contribution in [2.75, 3.05) is 0 Å². The topological polar surface area (TPSA) is 78.2 Å². The first-order valence-electron chi connectivity index (χ1n) is 6.69. The van der Waals surface area contributed by atoms with Gasteiger partial charge in [0, 0.05) is 4.90 Å². The lowest BCUT2D eigenvalue weighted by Crippen LogP contribution is -1.99. The highest BCUT2D eigenvalue weighted by atomic mass is 32.2. The van der Waals surface area contributed by atoms with Crippen molar-refractivity contribution in [2.45, 2.75) is 9.92 Å². The van der Waals surface area contributed by atoms with Gasteiger partial charge in [0.2, 0.25) is 0 Å². The van der Waals surface area contributed by atoms with Crippen molar-refractivity contribution in [3.63, 3.8) is 0 Å². The smallest absolute Gasteiger partial charge is 0.363 e. The third kappa shape index (κ3) is 3.64. The predicted octanol–water partition coefficient (Wildman–Crippen LogP) is 4.33. The number of rotatable bonds is 5. The zero-order chi connectivity index (χ0) is 16.1. The third-order valence-corrected chi connectivity index (χ3v) is 3.85. The van der Waals surface area contributed by atoms with Crippen LogP contribution in [0.15, 0.2) is 76.9 Å². The van der Waals surface area contributed by atoms with Crippen molar-refractivity contribution in [1.82, 2.24) is 9.97 Å². The number of aromatic nitrogens is 2. The molecule has 0 aliphatic heterocycles. The molecule has 0 aliphatic rings. The Bertz CT molecular complexity index is 754. The molecule has 23 heavy (non-hydrogen) atoms. The van der Waals surface area contributed by atoms with Gasteiger partial charge in [-0.15, -0.1) is 0 Å². The Kier molecular flexibility index (Phi) is 4.49. The van der Waals surface area contributed by atoms with Gasteiger partial charge in [-0.1, -0.05) is 48.2 Å². The number of hydrogen-bond acceptors (Lipinski definition) is 6. The van der Waals surface area contributed by atoms with Crippen LogP contribution in [0.2, 0.25) is 0 Å². The molecule has 0 saturated heterocycles. The molecule has 0 bridgehead atoms. The Hall–Kier alpha value is -2.93. The summed E-state index contributed by atoms with van der Waals surface area (Å²) in [7, 11) is 0. The maximum absolute atomic E-state index is 11.5. The summed E-state index contributed by atoms with van der Waals surface area (Å²) in [6, 6.07) is 18.1. The van der Waals surface area contributed by atoms with Gasteiger partial charge in [0.25, 0.3) is 0 Å². The van der Waals surface area contributed by atoms with Gasteiger partial charge in [-0.05, 0) is 24.3 Å². The van der Waals surface area contributed by atoms with Crippen molar-refractivity contribution in [2.24, 2.45) is 0 Å². The standard InChI is InChI=1S/C16H11N3O3S/c20-19(21)14-15(22-12-7-3-1-4-8-12)17-11-18-16(14)23-13-9-5-2-6-10-13/h1-11H. The first kappa shape index (κ1) is 15.0. The van der Waals surface area contributed by atoms with Gasteiger partial charge in [0.15, 0.2) is 5.03 Å². The Labute approximate surface area is 136 Å². The van der Waals surface area contributed by atoms with Gasteiger partial charge in [0.1, 0.15) is 12.1 Å². The zero-order valence-corrected chi connectivity index (χ0v) is 12.6. The summed E-state index contributed by atoms with van der Waals surface area (Å²) < 4.78 is 5.54. The minimum atomic E-state index is -0.524. The fourth-order valence-corrected chi connectivity index (χ4v) is 2.73. The van der Waals surface area contributed by atoms with E-state index in [2.05, 4.69) is 9.97 Å². The molecule has 6 nitrogen and oxygen atoms in total. The van der Waals surface area contributed by atoms with E-state index in [0.29, 0.717) is 5.75 Å². The first-order valence-corrected chi connectivity index (χ1v) is 7.51. The number of nitrogens with zero attached hydrogens (tertiary/aromatic N) is 3. The molecular formula is C16H11N3O3S. The molecule has 0 fully saturated rings. The van der Waals surface area contributed by atoms with Crippen molar-refractivity contribution in [1.29, 1.82) is 0 Å². The number of nitro groups is 1. The van der Waals surface area contributed by atoms with Crippen LogP contribution in [-0.4, -0.2) is 14.9 Å². The van der Waals surface area contributed by atoms with Crippen LogP contribution in [0.4, 0.5) is 5.69 Å². The van der Waals surface area contributed by atoms with Crippen LogP contribution in [0.3, 0.4) is 0 Å². The molecule has 114 valence electrons. The van der Waals surface area contributed by atoms with Gasteiger partial charge in [-0.25, -0.2) is 4.98 Å². The fraction of sp³-hybridized carbons (Fsp3) is 0. The van der Waals surface area contributed by atoms with E-state index in [-0.39, 0.29) is 16.6 Å². The van der Waals surface area contributed by atoms with Crippen LogP contribution in [-0.2, 0) is 0 Å². The molecule has 0 aliphatic carbocycles. The van der Waals surface area contributed by atoms with E-state index in [0.717, 1.165) is 4.90 Å². The maximum Gasteiger partial charge on any atom is 0.363 e. The van der Waals surface area contributed by atoms with Gasteiger partial charge in [-0.3, -0.25) is 10.1 Å². The first-order chi connectivity index (χ1) is 11.2. The lowest BCUT2D eigenvalue weighted by Gasteiger charge is -2.07. The van der Waals surface area contributed by atoms with Crippen molar-refractivity contribution in [3.05, 3.63) is 77.1 Å². The van der Waals surface area contributed by atoms with E-state index < -0.39 is 4.92 Å². The van der Waals surface area contributed by atoms with Gasteiger partial charge < -0.3 is 4.74 Å². The van der Waals surface area contributed by atoms with Gasteiger partial charge in [0.05, 0.1) is 4.92 Å². The summed E-state index contributed by atoms with van der Waals surface area (Å²) in [5.74, 6) is 0.402. The predicted molar refractivity (Wildman–Crippen MR) is 85.8 cm³/mol. The van der Waals surface area contributed by atoms with Crippen LogP contribution in [0.1, 0.15) is 0 Å². The summed E-state index contributed by atoms with van der Waals surface area (Å²) in [5.41, 5.74) is -0.245. The average molecular weight is 325 g/mol. The Morgan fingerprint density at radius 2 is 1.61 bits per heavy atom. The Morgan fingerprint density at radius 1 is 0.957 bits per heavy atom. The summed E-state index contributed by atoms with van der Waals surface area (Å²) >= 11 is 1.19. The van der Waals surface area contributed by atoms with E-state index in [9.17, 15) is 10.1 Å². The molecular weight excluding hydrogens is 314 g/mol. The van der Waals surface area contributed by atoms with Crippen molar-refractivity contribution in [3.8, 4) is 11.6 Å². The minimum absolute atomic E-state index is 0.0744. The molecule has 0 saturated carbocycles. The van der Waals surface area contributed by atoms with Crippen LogP contribution in [0, 0.1) is 10.1 Å². The molecule has 0 N–H and O–H groups in total. The Morgan fingerprint density at radius 3 is 2.26 bits per heavy atom. The molecule has 3 rings (SSSR count). The maximum atomic E-state index is 11.5. The summed E-state index contributed by atoms with van der Waals surface area (Å²) in [5, 5.41) is 11.7. The third-order valence-electron chi connectivity index (χ3n) is 2.85. The van der Waals surface area contributed by atoms with Crippen LogP contribution in [0.25, 0.3) is 0 Å². The normalized spacial score (nSPS) is 10.3. The van der Waals surface area contributed by atoms with Crippen LogP contribution >= 0.6 is 11.8 Å². The zero-order valence-electron chi connectivity index (χ0n) is 11.8. The SMILES string of the molecule is O=[N+]([O-])c1c(Oc2ccccc2)ncnc1Sc1ccccc1. The van der Waals surface area contributed by atoms with E-state index in [1.807, 2.05) is 36.4 Å². The van der Waals surface area contributed by atoms with E-state index in [1.165, 1.54) is 18.1 Å². The second-order valence-electron chi connectivity index (χ2n) is 4.42. The van der Waals surface area contributed by atoms with Crippen LogP contribution < -0.4 is 4.74 Å². The minimum Gasteiger partial charge on any atom is -0.434 e. The fourth-order valence-electron chi connectivity index (χ4n) is 1.85. The summed E-state index contributed by atoms with van der Waals surface area (Å²) in [4.78, 5) is 19.7. The van der Waals surface area contributed by atoms with Gasteiger partial charge >= 0.3 is 11.6 Å². The number of para-hydroxylation sites is 1. The number of benzene rings is 2. The quantitative estimate of drug-likeness (QED) is 0.395. The van der Waals surface area contributed by atoms with Gasteiger partial charge in [-0.2, -0.15) is 4.98 Å². The summed E-state index contributed by atoms with van der Waals surface area (Å²) in [6.45, 7) is 0. The molecule has 3 aromatic rings. The lowest BCUT2D eigenvalue weighted by molar-refractivity contribution is -0.389.